The van der Waals surface area contributed by atoms with Crippen molar-refractivity contribution in [3.8, 4) is 11.8 Å². The lowest BCUT2D eigenvalue weighted by Gasteiger charge is -2.28. The molecule has 100 valence electrons. The van der Waals surface area contributed by atoms with E-state index in [0.29, 0.717) is 6.04 Å². The zero-order valence-corrected chi connectivity index (χ0v) is 11.3. The molecule has 0 spiro atoms. The maximum absolute atomic E-state index is 11.7. The Kier molecular flexibility index (Phi) is 5.00. The number of hydrogen-bond donors (Lipinski definition) is 2. The highest BCUT2D eigenvalue weighted by molar-refractivity contribution is 5.94. The molecular formula is C16H20N2O. The summed E-state index contributed by atoms with van der Waals surface area (Å²) in [5.74, 6) is 5.37. The first kappa shape index (κ1) is 13.6. The molecule has 0 unspecified atom stereocenters. The largest absolute Gasteiger partial charge is 0.343 e. The first-order valence-corrected chi connectivity index (χ1v) is 6.83. The van der Waals surface area contributed by atoms with Crippen molar-refractivity contribution in [3.05, 3.63) is 35.9 Å². The summed E-state index contributed by atoms with van der Waals surface area (Å²) in [6, 6.07) is 10.5. The lowest BCUT2D eigenvalue weighted by molar-refractivity contribution is -0.116. The van der Waals surface area contributed by atoms with E-state index in [9.17, 15) is 4.79 Å². The van der Waals surface area contributed by atoms with Gasteiger partial charge in [-0.1, -0.05) is 24.1 Å². The van der Waals surface area contributed by atoms with Gasteiger partial charge in [-0.25, -0.2) is 0 Å². The third kappa shape index (κ3) is 4.42. The molecule has 3 nitrogen and oxygen atoms in total. The second-order valence-electron chi connectivity index (χ2n) is 4.93. The van der Waals surface area contributed by atoms with Crippen LogP contribution in [-0.2, 0) is 4.79 Å². The van der Waals surface area contributed by atoms with Crippen LogP contribution in [0.25, 0.3) is 0 Å². The van der Waals surface area contributed by atoms with E-state index in [0.717, 1.165) is 31.2 Å². The third-order valence-corrected chi connectivity index (χ3v) is 3.56. The molecule has 1 aromatic rings. The molecule has 2 N–H and O–H groups in total. The van der Waals surface area contributed by atoms with Crippen LogP contribution in [-0.4, -0.2) is 25.0 Å². The molecule has 0 atom stereocenters. The fraction of sp³-hybridized carbons (Fsp3) is 0.438. The highest BCUT2D eigenvalue weighted by Crippen LogP contribution is 2.17. The fourth-order valence-electron chi connectivity index (χ4n) is 2.40. The summed E-state index contributed by atoms with van der Waals surface area (Å²) in [6.45, 7) is 0. The van der Waals surface area contributed by atoms with Crippen LogP contribution in [0.15, 0.2) is 30.3 Å². The van der Waals surface area contributed by atoms with Crippen LogP contribution >= 0.6 is 0 Å². The van der Waals surface area contributed by atoms with Crippen molar-refractivity contribution < 1.29 is 4.79 Å². The van der Waals surface area contributed by atoms with Crippen LogP contribution in [0.3, 0.4) is 0 Å². The van der Waals surface area contributed by atoms with E-state index in [1.165, 1.54) is 0 Å². The minimum absolute atomic E-state index is 0.170. The molecule has 3 heteroatoms. The maximum atomic E-state index is 11.7. The normalized spacial score (nSPS) is 22.2. The SMILES string of the molecule is CNC1CCC(NC(=O)C#Cc2ccccc2)CC1. The first-order valence-electron chi connectivity index (χ1n) is 6.83. The average Bonchev–Trinajstić information content (AvgIpc) is 2.47. The predicted molar refractivity (Wildman–Crippen MR) is 76.6 cm³/mol. The Balaban J connectivity index is 1.81. The molecule has 0 aromatic heterocycles. The second-order valence-corrected chi connectivity index (χ2v) is 4.93. The zero-order valence-electron chi connectivity index (χ0n) is 11.3. The van der Waals surface area contributed by atoms with Crippen LogP contribution in [0.2, 0.25) is 0 Å². The zero-order chi connectivity index (χ0) is 13.5. The van der Waals surface area contributed by atoms with Crippen molar-refractivity contribution in [1.29, 1.82) is 0 Å². The monoisotopic (exact) mass is 256 g/mol. The van der Waals surface area contributed by atoms with Gasteiger partial charge in [0.05, 0.1) is 0 Å². The molecule has 1 saturated carbocycles. The van der Waals surface area contributed by atoms with E-state index in [-0.39, 0.29) is 11.9 Å². The molecule has 19 heavy (non-hydrogen) atoms. The van der Waals surface area contributed by atoms with Crippen molar-refractivity contribution in [2.24, 2.45) is 0 Å². The Hall–Kier alpha value is -1.79. The quantitative estimate of drug-likeness (QED) is 0.791. The van der Waals surface area contributed by atoms with Crippen LogP contribution in [0.4, 0.5) is 0 Å². The summed E-state index contributed by atoms with van der Waals surface area (Å²) < 4.78 is 0. The highest BCUT2D eigenvalue weighted by atomic mass is 16.1. The number of rotatable bonds is 2. The molecule has 1 amide bonds. The summed E-state index contributed by atoms with van der Waals surface area (Å²) in [5, 5.41) is 6.28. The van der Waals surface area contributed by atoms with Crippen molar-refractivity contribution in [1.82, 2.24) is 10.6 Å². The van der Waals surface area contributed by atoms with E-state index in [1.807, 2.05) is 37.4 Å². The van der Waals surface area contributed by atoms with Crippen molar-refractivity contribution >= 4 is 5.91 Å². The molecule has 0 radical (unpaired) electrons. The third-order valence-electron chi connectivity index (χ3n) is 3.56. The second kappa shape index (κ2) is 6.96. The molecule has 0 saturated heterocycles. The summed E-state index contributed by atoms with van der Waals surface area (Å²) in [6.07, 6.45) is 4.30. The van der Waals surface area contributed by atoms with Gasteiger partial charge in [0.25, 0.3) is 5.91 Å². The average molecular weight is 256 g/mol. The van der Waals surface area contributed by atoms with Gasteiger partial charge >= 0.3 is 0 Å². The van der Waals surface area contributed by atoms with Gasteiger partial charge in [0.2, 0.25) is 0 Å². The molecule has 1 aliphatic rings. The Morgan fingerprint density at radius 3 is 2.37 bits per heavy atom. The minimum atomic E-state index is -0.170. The van der Waals surface area contributed by atoms with Gasteiger partial charge in [-0.05, 0) is 44.9 Å². The Bertz CT molecular complexity index is 465. The standard InChI is InChI=1S/C16H20N2O/c1-17-14-8-10-15(11-9-14)18-16(19)12-7-13-5-3-2-4-6-13/h2-6,14-15,17H,8-11H2,1H3,(H,18,19). The van der Waals surface area contributed by atoms with Crippen LogP contribution in [0.5, 0.6) is 0 Å². The summed E-state index contributed by atoms with van der Waals surface area (Å²) in [4.78, 5) is 11.7. The Labute approximate surface area is 114 Å². The number of carbonyl (C=O) groups is 1. The molecule has 0 heterocycles. The van der Waals surface area contributed by atoms with Crippen molar-refractivity contribution in [2.45, 2.75) is 37.8 Å². The van der Waals surface area contributed by atoms with E-state index in [4.69, 9.17) is 0 Å². The lowest BCUT2D eigenvalue weighted by atomic mass is 9.91. The Morgan fingerprint density at radius 1 is 1.11 bits per heavy atom. The molecular weight excluding hydrogens is 236 g/mol. The molecule has 1 fully saturated rings. The number of benzene rings is 1. The number of nitrogens with one attached hydrogen (secondary N) is 2. The van der Waals surface area contributed by atoms with E-state index < -0.39 is 0 Å². The number of carbonyl (C=O) groups excluding carboxylic acids is 1. The number of hydrogen-bond acceptors (Lipinski definition) is 2. The predicted octanol–water partition coefficient (Wildman–Crippen LogP) is 1.68. The summed E-state index contributed by atoms with van der Waals surface area (Å²) in [7, 11) is 1.99. The fourth-order valence-corrected chi connectivity index (χ4v) is 2.40. The van der Waals surface area contributed by atoms with Crippen LogP contribution < -0.4 is 10.6 Å². The van der Waals surface area contributed by atoms with Crippen molar-refractivity contribution in [3.63, 3.8) is 0 Å². The molecule has 1 aromatic carbocycles. The topological polar surface area (TPSA) is 41.1 Å². The van der Waals surface area contributed by atoms with Crippen LogP contribution in [0, 0.1) is 11.8 Å². The van der Waals surface area contributed by atoms with Gasteiger partial charge in [0.1, 0.15) is 0 Å². The van der Waals surface area contributed by atoms with Gasteiger partial charge in [-0.3, -0.25) is 4.79 Å². The van der Waals surface area contributed by atoms with E-state index >= 15 is 0 Å². The smallest absolute Gasteiger partial charge is 0.296 e. The van der Waals surface area contributed by atoms with Gasteiger partial charge in [-0.15, -0.1) is 0 Å². The van der Waals surface area contributed by atoms with E-state index in [2.05, 4.69) is 22.5 Å². The molecule has 2 rings (SSSR count). The highest BCUT2D eigenvalue weighted by Gasteiger charge is 2.20. The lowest BCUT2D eigenvalue weighted by Crippen LogP contribution is -2.40. The minimum Gasteiger partial charge on any atom is -0.343 e. The van der Waals surface area contributed by atoms with Gasteiger partial charge in [-0.2, -0.15) is 0 Å². The molecule has 0 bridgehead atoms. The first-order chi connectivity index (χ1) is 9.28. The number of amides is 1. The Morgan fingerprint density at radius 2 is 1.74 bits per heavy atom. The molecule has 0 aliphatic heterocycles. The van der Waals surface area contributed by atoms with Gasteiger partial charge in [0, 0.05) is 23.6 Å². The van der Waals surface area contributed by atoms with Gasteiger partial charge < -0.3 is 10.6 Å². The van der Waals surface area contributed by atoms with Crippen LogP contribution in [0.1, 0.15) is 31.2 Å². The van der Waals surface area contributed by atoms with Crippen molar-refractivity contribution in [2.75, 3.05) is 7.05 Å². The maximum Gasteiger partial charge on any atom is 0.296 e. The van der Waals surface area contributed by atoms with E-state index in [1.54, 1.807) is 0 Å². The molecule has 1 aliphatic carbocycles. The summed E-state index contributed by atoms with van der Waals surface area (Å²) >= 11 is 0. The summed E-state index contributed by atoms with van der Waals surface area (Å²) in [5.41, 5.74) is 0.872. The van der Waals surface area contributed by atoms with Gasteiger partial charge in [0.15, 0.2) is 0 Å².